The number of carbonyl (C=O) groups is 4. The highest BCUT2D eigenvalue weighted by molar-refractivity contribution is 6.10. The molecule has 3 aliphatic carbocycles. The van der Waals surface area contributed by atoms with Crippen LogP contribution in [-0.2, 0) is 19.2 Å². The van der Waals surface area contributed by atoms with Crippen LogP contribution in [0.25, 0.3) is 0 Å². The summed E-state index contributed by atoms with van der Waals surface area (Å²) in [7, 11) is 0. The van der Waals surface area contributed by atoms with Crippen molar-refractivity contribution in [1.82, 2.24) is 9.80 Å². The summed E-state index contributed by atoms with van der Waals surface area (Å²) in [4.78, 5) is 52.6. The highest BCUT2D eigenvalue weighted by atomic mass is 16.3. The van der Waals surface area contributed by atoms with E-state index in [4.69, 9.17) is 10.2 Å². The number of β-amino-alcohol motifs (C(OH)–C–C–N with tert-alkyl or cyclic N) is 2. The molecule has 2 aliphatic heterocycles. The lowest BCUT2D eigenvalue weighted by molar-refractivity contribution is -0.140. The first-order valence-electron chi connectivity index (χ1n) is 8.13. The lowest BCUT2D eigenvalue weighted by Crippen LogP contribution is -2.50. The summed E-state index contributed by atoms with van der Waals surface area (Å²) in [6.07, 6.45) is 3.57. The predicted molar refractivity (Wildman–Crippen MR) is 77.7 cm³/mol. The molecule has 2 heterocycles. The number of nitrogens with zero attached hydrogens (tertiary/aromatic N) is 2. The molecule has 0 aromatic rings. The Bertz CT molecular complexity index is 573. The van der Waals surface area contributed by atoms with E-state index in [9.17, 15) is 19.2 Å². The van der Waals surface area contributed by atoms with E-state index in [0.29, 0.717) is 0 Å². The molecule has 0 aromatic heterocycles. The van der Waals surface area contributed by atoms with Crippen LogP contribution in [0.1, 0.15) is 0 Å². The number of hydrogen-bond donors (Lipinski definition) is 2. The fourth-order valence-corrected chi connectivity index (χ4v) is 4.99. The van der Waals surface area contributed by atoms with Gasteiger partial charge in [-0.15, -0.1) is 0 Å². The van der Waals surface area contributed by atoms with Gasteiger partial charge in [0.2, 0.25) is 23.6 Å². The third kappa shape index (κ3) is 1.70. The van der Waals surface area contributed by atoms with Crippen molar-refractivity contribution in [1.29, 1.82) is 0 Å². The number of aliphatic hydroxyl groups is 2. The monoisotopic (exact) mass is 334 g/mol. The van der Waals surface area contributed by atoms with Crippen molar-refractivity contribution in [2.24, 2.45) is 35.5 Å². The molecule has 24 heavy (non-hydrogen) atoms. The number of imide groups is 2. The molecule has 3 fully saturated rings. The molecule has 128 valence electrons. The Kier molecular flexibility index (Phi) is 3.36. The van der Waals surface area contributed by atoms with Crippen LogP contribution in [0.2, 0.25) is 0 Å². The fraction of sp³-hybridized carbons (Fsp3) is 0.625. The van der Waals surface area contributed by atoms with Crippen molar-refractivity contribution in [3.8, 4) is 0 Å². The zero-order valence-corrected chi connectivity index (χ0v) is 12.9. The van der Waals surface area contributed by atoms with Gasteiger partial charge < -0.3 is 10.2 Å². The first-order chi connectivity index (χ1) is 11.5. The molecular formula is C16H18N2O6. The number of aliphatic hydroxyl groups excluding tert-OH is 2. The first-order valence-corrected chi connectivity index (χ1v) is 8.13. The van der Waals surface area contributed by atoms with Crippen molar-refractivity contribution in [3.63, 3.8) is 0 Å². The van der Waals surface area contributed by atoms with E-state index in [1.165, 1.54) is 0 Å². The largest absolute Gasteiger partial charge is 0.395 e. The standard InChI is InChI=1S/C16H18N2O6/c19-5-3-17-13(21)9-7-1-2-8(11(9)15(17)23)12-10(7)14(22)18(4-6-20)16(12)24/h1-2,7-12,19-20H,3-6H2/t7?,8?,9-,10+,11+,12-. The first kappa shape index (κ1) is 15.5. The number of rotatable bonds is 4. The molecule has 4 amide bonds. The van der Waals surface area contributed by atoms with Gasteiger partial charge in [-0.3, -0.25) is 29.0 Å². The van der Waals surface area contributed by atoms with Gasteiger partial charge in [-0.05, 0) is 0 Å². The number of carbonyl (C=O) groups excluding carboxylic acids is 4. The van der Waals surface area contributed by atoms with Crippen LogP contribution >= 0.6 is 0 Å². The van der Waals surface area contributed by atoms with E-state index in [1.807, 2.05) is 0 Å². The molecule has 2 saturated heterocycles. The van der Waals surface area contributed by atoms with Gasteiger partial charge in [0, 0.05) is 11.8 Å². The highest BCUT2D eigenvalue weighted by Gasteiger charge is 2.68. The molecule has 0 spiro atoms. The lowest BCUT2D eigenvalue weighted by atomic mass is 9.54. The van der Waals surface area contributed by atoms with Gasteiger partial charge in [0.1, 0.15) is 0 Å². The van der Waals surface area contributed by atoms with Gasteiger partial charge in [-0.1, -0.05) is 12.2 Å². The molecule has 5 aliphatic rings. The van der Waals surface area contributed by atoms with Gasteiger partial charge in [0.25, 0.3) is 0 Å². The van der Waals surface area contributed by atoms with Crippen molar-refractivity contribution < 1.29 is 29.4 Å². The van der Waals surface area contributed by atoms with Crippen LogP contribution in [0, 0.1) is 35.5 Å². The van der Waals surface area contributed by atoms with Crippen LogP contribution in [0.5, 0.6) is 0 Å². The number of allylic oxidation sites excluding steroid dienone is 2. The van der Waals surface area contributed by atoms with Crippen molar-refractivity contribution in [2.75, 3.05) is 26.3 Å². The highest BCUT2D eigenvalue weighted by Crippen LogP contribution is 2.57. The molecule has 0 radical (unpaired) electrons. The molecular weight excluding hydrogens is 316 g/mol. The quantitative estimate of drug-likeness (QED) is 0.453. The van der Waals surface area contributed by atoms with Gasteiger partial charge in [-0.2, -0.15) is 0 Å². The zero-order chi connectivity index (χ0) is 17.2. The summed E-state index contributed by atoms with van der Waals surface area (Å²) in [6, 6.07) is 0. The molecule has 2 unspecified atom stereocenters. The van der Waals surface area contributed by atoms with E-state index >= 15 is 0 Å². The molecule has 8 heteroatoms. The van der Waals surface area contributed by atoms with Gasteiger partial charge in [0.05, 0.1) is 50.0 Å². The second-order valence-corrected chi connectivity index (χ2v) is 6.75. The molecule has 6 atom stereocenters. The van der Waals surface area contributed by atoms with Gasteiger partial charge in [0.15, 0.2) is 0 Å². The van der Waals surface area contributed by atoms with Crippen LogP contribution in [0.15, 0.2) is 12.2 Å². The van der Waals surface area contributed by atoms with Crippen LogP contribution in [-0.4, -0.2) is 69.9 Å². The second-order valence-electron chi connectivity index (χ2n) is 6.75. The van der Waals surface area contributed by atoms with Crippen molar-refractivity contribution >= 4 is 23.6 Å². The average molecular weight is 334 g/mol. The SMILES string of the molecule is O=C1[C@@H]2C3C=CC([C@H]4C(=O)N(CCO)C(=O)[C@@H]34)[C@@H]2C(=O)N1CCO. The maximum Gasteiger partial charge on any atom is 0.233 e. The Morgan fingerprint density at radius 1 is 0.667 bits per heavy atom. The lowest BCUT2D eigenvalue weighted by Gasteiger charge is -2.44. The van der Waals surface area contributed by atoms with Crippen LogP contribution in [0.3, 0.4) is 0 Å². The zero-order valence-electron chi connectivity index (χ0n) is 12.9. The van der Waals surface area contributed by atoms with Crippen LogP contribution < -0.4 is 0 Å². The van der Waals surface area contributed by atoms with Gasteiger partial charge >= 0.3 is 0 Å². The van der Waals surface area contributed by atoms with Gasteiger partial charge in [-0.25, -0.2) is 0 Å². The number of hydrogen-bond acceptors (Lipinski definition) is 6. The topological polar surface area (TPSA) is 115 Å². The predicted octanol–water partition coefficient (Wildman–Crippen LogP) is -2.01. The summed E-state index contributed by atoms with van der Waals surface area (Å²) < 4.78 is 0. The Labute approximate surface area is 137 Å². The van der Waals surface area contributed by atoms with E-state index in [2.05, 4.69) is 0 Å². The Morgan fingerprint density at radius 3 is 1.21 bits per heavy atom. The van der Waals surface area contributed by atoms with E-state index in [0.717, 1.165) is 9.80 Å². The summed E-state index contributed by atoms with van der Waals surface area (Å²) in [6.45, 7) is -0.737. The summed E-state index contributed by atoms with van der Waals surface area (Å²) >= 11 is 0. The number of amides is 4. The minimum atomic E-state index is -0.633. The minimum absolute atomic E-state index is 0.0576. The summed E-state index contributed by atoms with van der Waals surface area (Å²) in [5.74, 6) is -4.95. The average Bonchev–Trinajstić information content (AvgIpc) is 2.99. The third-order valence-electron chi connectivity index (χ3n) is 5.84. The molecule has 1 saturated carbocycles. The third-order valence-corrected chi connectivity index (χ3v) is 5.84. The Hall–Kier alpha value is -2.06. The second kappa shape index (κ2) is 5.22. The molecule has 8 nitrogen and oxygen atoms in total. The Balaban J connectivity index is 1.74. The Morgan fingerprint density at radius 2 is 0.958 bits per heavy atom. The molecule has 0 aromatic carbocycles. The van der Waals surface area contributed by atoms with E-state index < -0.39 is 35.5 Å². The minimum Gasteiger partial charge on any atom is -0.395 e. The number of likely N-dealkylation sites (tertiary alicyclic amines) is 2. The van der Waals surface area contributed by atoms with Crippen molar-refractivity contribution in [2.45, 2.75) is 0 Å². The smallest absolute Gasteiger partial charge is 0.233 e. The summed E-state index contributed by atoms with van der Waals surface area (Å²) in [5.41, 5.74) is 0. The maximum absolute atomic E-state index is 12.6. The summed E-state index contributed by atoms with van der Waals surface area (Å²) in [5, 5.41) is 18.2. The molecule has 2 bridgehead atoms. The van der Waals surface area contributed by atoms with E-state index in [-0.39, 0.29) is 49.9 Å². The molecule has 5 rings (SSSR count). The van der Waals surface area contributed by atoms with E-state index in [1.54, 1.807) is 12.2 Å². The normalized spacial score (nSPS) is 39.9. The molecule has 2 N–H and O–H groups in total. The van der Waals surface area contributed by atoms with Crippen LogP contribution in [0.4, 0.5) is 0 Å². The maximum atomic E-state index is 12.6. The van der Waals surface area contributed by atoms with Crippen molar-refractivity contribution in [3.05, 3.63) is 12.2 Å². The fourth-order valence-electron chi connectivity index (χ4n) is 4.99.